The fraction of sp³-hybridized carbons (Fsp3) is 0. The van der Waals surface area contributed by atoms with E-state index in [1.165, 1.54) is 0 Å². The smallest absolute Gasteiger partial charge is 0.382 e. The molecule has 0 aliphatic rings. The summed E-state index contributed by atoms with van der Waals surface area (Å²) < 4.78 is 34.9. The lowest BCUT2D eigenvalue weighted by atomic mass is 10.2. The molecule has 3 N–H and O–H groups in total. The Morgan fingerprint density at radius 3 is 1.13 bits per heavy atom. The third kappa shape index (κ3) is 4.85. The second-order valence-corrected chi connectivity index (χ2v) is 13.4. The fourth-order valence-corrected chi connectivity index (χ4v) is 7.30. The third-order valence-electron chi connectivity index (χ3n) is 5.62. The lowest BCUT2D eigenvalue weighted by Crippen LogP contribution is -2.08. The molecule has 3 aromatic heterocycles. The molecule has 0 fully saturated rings. The summed E-state index contributed by atoms with van der Waals surface area (Å²) in [5.74, 6) is 0.210. The summed E-state index contributed by atoms with van der Waals surface area (Å²) in [5.41, 5.74) is 1.97. The van der Waals surface area contributed by atoms with Crippen LogP contribution in [0.4, 0.5) is 0 Å². The molecule has 0 radical (unpaired) electrons. The van der Waals surface area contributed by atoms with Gasteiger partial charge in [-0.1, -0.05) is 82.6 Å². The Kier molecular flexibility index (Phi) is 6.96. The maximum Gasteiger partial charge on any atom is 0.647 e. The van der Waals surface area contributed by atoms with Crippen molar-refractivity contribution in [3.8, 4) is 17.2 Å². The van der Waals surface area contributed by atoms with E-state index in [0.29, 0.717) is 32.7 Å². The number of aromatic nitrogens is 3. The van der Waals surface area contributed by atoms with E-state index < -0.39 is 7.82 Å². The average molecular weight is 783 g/mol. The molecule has 0 atom stereocenters. The van der Waals surface area contributed by atoms with Gasteiger partial charge in [-0.05, 0) is 54.6 Å². The van der Waals surface area contributed by atoms with Gasteiger partial charge in [0, 0.05) is 29.6 Å². The lowest BCUT2D eigenvalue weighted by Gasteiger charge is -2.19. The molecule has 194 valence electrons. The largest absolute Gasteiger partial charge is 0.647 e. The molecule has 0 aliphatic carbocycles. The van der Waals surface area contributed by atoms with Gasteiger partial charge in [-0.2, -0.15) is 4.57 Å². The van der Waals surface area contributed by atoms with E-state index in [9.17, 15) is 4.57 Å². The molecular weight excluding hydrogens is 771 g/mol. The Bertz CT molecular complexity index is 1720. The minimum atomic E-state index is -4.58. The normalized spacial score (nSPS) is 12.1. The molecule has 3 heterocycles. The standard InChI is InChI=1S/C24H12Br3Cl3N3O4P/c25-10-1-4-16-13(7-10)19(22(28)31-16)35-38(34,36-20-14-8-11(26)2-5-17(14)32-23(20)29)37-21-15-9-12(27)3-6-18(15)33-24(21)30/h1-9,31-33H. The number of halogens is 6. The molecule has 3 aromatic carbocycles. The molecule has 0 bridgehead atoms. The predicted molar refractivity (Wildman–Crippen MR) is 163 cm³/mol. The van der Waals surface area contributed by atoms with Crippen LogP contribution >= 0.6 is 90.4 Å². The van der Waals surface area contributed by atoms with E-state index >= 15 is 0 Å². The van der Waals surface area contributed by atoms with Crippen molar-refractivity contribution in [1.82, 2.24) is 15.0 Å². The van der Waals surface area contributed by atoms with Crippen LogP contribution in [0.25, 0.3) is 32.7 Å². The van der Waals surface area contributed by atoms with Crippen LogP contribution in [0.15, 0.2) is 68.0 Å². The minimum absolute atomic E-state index is 0.0700. The highest BCUT2D eigenvalue weighted by Crippen LogP contribution is 2.57. The van der Waals surface area contributed by atoms with Gasteiger partial charge in [0.2, 0.25) is 0 Å². The van der Waals surface area contributed by atoms with Crippen LogP contribution in [0.1, 0.15) is 0 Å². The molecular formula is C24H12Br3Cl3N3O4P. The zero-order valence-corrected chi connectivity index (χ0v) is 26.5. The monoisotopic (exact) mass is 779 g/mol. The molecule has 14 heteroatoms. The Hall–Kier alpha value is -1.78. The quantitative estimate of drug-likeness (QED) is 0.147. The summed E-state index contributed by atoms with van der Waals surface area (Å²) in [7, 11) is -4.58. The van der Waals surface area contributed by atoms with Crippen LogP contribution in [-0.2, 0) is 4.57 Å². The van der Waals surface area contributed by atoms with Crippen LogP contribution in [0.3, 0.4) is 0 Å². The van der Waals surface area contributed by atoms with E-state index in [1.54, 1.807) is 36.4 Å². The van der Waals surface area contributed by atoms with Crippen LogP contribution in [0.5, 0.6) is 17.2 Å². The zero-order valence-electron chi connectivity index (χ0n) is 18.5. The molecule has 0 amide bonds. The van der Waals surface area contributed by atoms with E-state index in [2.05, 4.69) is 62.7 Å². The number of aromatic amines is 3. The second kappa shape index (κ2) is 10.0. The van der Waals surface area contributed by atoms with Gasteiger partial charge >= 0.3 is 7.82 Å². The topological polar surface area (TPSA) is 92.1 Å². The highest BCUT2D eigenvalue weighted by molar-refractivity contribution is 9.11. The van der Waals surface area contributed by atoms with E-state index in [1.807, 2.05) is 18.2 Å². The van der Waals surface area contributed by atoms with Gasteiger partial charge in [0.05, 0.1) is 16.6 Å². The molecule has 6 rings (SSSR count). The van der Waals surface area contributed by atoms with Gasteiger partial charge in [0.25, 0.3) is 0 Å². The maximum atomic E-state index is 14.5. The predicted octanol–water partition coefficient (Wildman–Crippen LogP) is 11.0. The molecule has 0 aliphatic heterocycles. The van der Waals surface area contributed by atoms with Crippen molar-refractivity contribution in [1.29, 1.82) is 0 Å². The van der Waals surface area contributed by atoms with Gasteiger partial charge in [0.1, 0.15) is 0 Å². The van der Waals surface area contributed by atoms with Crippen molar-refractivity contribution >= 4 is 123 Å². The number of nitrogens with one attached hydrogen (secondary N) is 3. The van der Waals surface area contributed by atoms with Crippen LogP contribution in [0.2, 0.25) is 15.5 Å². The summed E-state index contributed by atoms with van der Waals surface area (Å²) in [4.78, 5) is 9.01. The van der Waals surface area contributed by atoms with Gasteiger partial charge in [-0.25, -0.2) is 0 Å². The van der Waals surface area contributed by atoms with Crippen LogP contribution in [0, 0.1) is 0 Å². The van der Waals surface area contributed by atoms with E-state index in [-0.39, 0.29) is 32.7 Å². The Morgan fingerprint density at radius 2 is 0.842 bits per heavy atom. The Labute approximate surface area is 255 Å². The van der Waals surface area contributed by atoms with E-state index in [0.717, 1.165) is 13.4 Å². The second-order valence-electron chi connectivity index (χ2n) is 8.10. The summed E-state index contributed by atoms with van der Waals surface area (Å²) >= 11 is 29.8. The number of phosphoric acid groups is 1. The van der Waals surface area contributed by atoms with Crippen molar-refractivity contribution in [3.05, 3.63) is 83.5 Å². The molecule has 7 nitrogen and oxygen atoms in total. The first-order valence-corrected chi connectivity index (χ1v) is 15.7. The summed E-state index contributed by atoms with van der Waals surface area (Å²) in [6, 6.07) is 16.2. The first-order chi connectivity index (χ1) is 18.1. The summed E-state index contributed by atoms with van der Waals surface area (Å²) in [6.07, 6.45) is 0. The minimum Gasteiger partial charge on any atom is -0.382 e. The Morgan fingerprint density at radius 1 is 0.553 bits per heavy atom. The first kappa shape index (κ1) is 26.4. The van der Waals surface area contributed by atoms with E-state index in [4.69, 9.17) is 48.4 Å². The van der Waals surface area contributed by atoms with Crippen molar-refractivity contribution in [2.45, 2.75) is 0 Å². The number of hydrogen-bond acceptors (Lipinski definition) is 4. The SMILES string of the molecule is O=P(Oc1c(Cl)[nH]c2ccc(Br)cc12)(Oc1c(Cl)[nH]c2ccc(Br)cc12)Oc1c(Cl)[nH]c2ccc(Br)cc12. The van der Waals surface area contributed by atoms with Crippen LogP contribution < -0.4 is 13.6 Å². The average Bonchev–Trinajstić information content (AvgIpc) is 3.45. The molecule has 0 saturated heterocycles. The van der Waals surface area contributed by atoms with Crippen molar-refractivity contribution < 1.29 is 18.1 Å². The number of rotatable bonds is 6. The fourth-order valence-electron chi connectivity index (χ4n) is 3.98. The highest BCUT2D eigenvalue weighted by atomic mass is 79.9. The number of phosphoric ester groups is 1. The van der Waals surface area contributed by atoms with Crippen molar-refractivity contribution in [2.24, 2.45) is 0 Å². The highest BCUT2D eigenvalue weighted by Gasteiger charge is 2.39. The number of benzene rings is 3. The molecule has 6 aromatic rings. The van der Waals surface area contributed by atoms with Gasteiger partial charge < -0.3 is 28.5 Å². The number of fused-ring (bicyclic) bond motifs is 3. The first-order valence-electron chi connectivity index (χ1n) is 10.7. The number of hydrogen-bond donors (Lipinski definition) is 3. The van der Waals surface area contributed by atoms with Crippen LogP contribution in [-0.4, -0.2) is 15.0 Å². The summed E-state index contributed by atoms with van der Waals surface area (Å²) in [6.45, 7) is 0. The van der Waals surface area contributed by atoms with Crippen molar-refractivity contribution in [3.63, 3.8) is 0 Å². The zero-order chi connectivity index (χ0) is 26.8. The summed E-state index contributed by atoms with van der Waals surface area (Å²) in [5, 5.41) is 1.97. The molecule has 38 heavy (non-hydrogen) atoms. The van der Waals surface area contributed by atoms with Gasteiger partial charge in [-0.15, -0.1) is 0 Å². The maximum absolute atomic E-state index is 14.5. The molecule has 0 saturated carbocycles. The Balaban J connectivity index is 1.52. The lowest BCUT2D eigenvalue weighted by molar-refractivity contribution is 0.302. The third-order valence-corrected chi connectivity index (χ3v) is 9.12. The molecule has 0 unspecified atom stereocenters. The number of H-pyrrole nitrogens is 3. The van der Waals surface area contributed by atoms with Crippen molar-refractivity contribution in [2.75, 3.05) is 0 Å². The molecule has 0 spiro atoms. The van der Waals surface area contributed by atoms with Gasteiger partial charge in [0.15, 0.2) is 32.7 Å². The van der Waals surface area contributed by atoms with Gasteiger partial charge in [-0.3, -0.25) is 0 Å².